The molecule has 1 aliphatic rings. The topological polar surface area (TPSA) is 15.3 Å². The average molecular weight is 281 g/mol. The maximum absolute atomic E-state index is 6.39. The van der Waals surface area contributed by atoms with Crippen molar-refractivity contribution in [2.24, 2.45) is 5.92 Å². The predicted octanol–water partition coefficient (Wildman–Crippen LogP) is 3.94. The van der Waals surface area contributed by atoms with E-state index < -0.39 is 0 Å². The summed E-state index contributed by atoms with van der Waals surface area (Å²) < 4.78 is 0. The minimum atomic E-state index is 0.521. The van der Waals surface area contributed by atoms with Crippen LogP contribution in [0.2, 0.25) is 5.02 Å². The zero-order valence-electron chi connectivity index (χ0n) is 12.2. The molecule has 3 heteroatoms. The molecule has 0 spiro atoms. The van der Waals surface area contributed by atoms with Crippen LogP contribution in [0.3, 0.4) is 0 Å². The second-order valence-corrected chi connectivity index (χ2v) is 6.22. The van der Waals surface area contributed by atoms with Crippen LogP contribution >= 0.6 is 11.6 Å². The summed E-state index contributed by atoms with van der Waals surface area (Å²) in [5.41, 5.74) is 1.19. The number of piperazine rings is 1. The van der Waals surface area contributed by atoms with E-state index in [9.17, 15) is 0 Å². The van der Waals surface area contributed by atoms with Crippen LogP contribution < -0.4 is 10.2 Å². The maximum atomic E-state index is 6.39. The van der Waals surface area contributed by atoms with Gasteiger partial charge in [-0.15, -0.1) is 0 Å². The minimum Gasteiger partial charge on any atom is -0.364 e. The summed E-state index contributed by atoms with van der Waals surface area (Å²) in [6.07, 6.45) is 2.45. The summed E-state index contributed by atoms with van der Waals surface area (Å²) >= 11 is 6.39. The molecule has 19 heavy (non-hydrogen) atoms. The summed E-state index contributed by atoms with van der Waals surface area (Å²) in [5.74, 6) is 0.617. The van der Waals surface area contributed by atoms with Crippen LogP contribution in [0.4, 0.5) is 5.69 Å². The van der Waals surface area contributed by atoms with E-state index in [1.54, 1.807) is 0 Å². The molecule has 2 nitrogen and oxygen atoms in total. The molecule has 0 amide bonds. The molecule has 1 aromatic carbocycles. The highest BCUT2D eigenvalue weighted by Gasteiger charge is 2.30. The van der Waals surface area contributed by atoms with E-state index in [4.69, 9.17) is 11.6 Å². The zero-order valence-corrected chi connectivity index (χ0v) is 13.0. The molecule has 1 aliphatic heterocycles. The molecule has 0 saturated carbocycles. The molecule has 1 N–H and O–H groups in total. The number of hydrogen-bond donors (Lipinski definition) is 1. The molecule has 2 unspecified atom stereocenters. The van der Waals surface area contributed by atoms with Crippen molar-refractivity contribution < 1.29 is 0 Å². The highest BCUT2D eigenvalue weighted by Crippen LogP contribution is 2.30. The van der Waals surface area contributed by atoms with Crippen LogP contribution in [0.1, 0.15) is 33.6 Å². The summed E-state index contributed by atoms with van der Waals surface area (Å²) in [6.45, 7) is 8.93. The van der Waals surface area contributed by atoms with Crippen molar-refractivity contribution in [1.29, 1.82) is 0 Å². The van der Waals surface area contributed by atoms with Gasteiger partial charge in [0, 0.05) is 25.2 Å². The number of halogens is 1. The molecule has 1 saturated heterocycles. The number of nitrogens with one attached hydrogen (secondary N) is 1. The molecule has 106 valence electrons. The third-order valence-electron chi connectivity index (χ3n) is 4.00. The molecular formula is C16H25ClN2. The summed E-state index contributed by atoms with van der Waals surface area (Å²) in [6, 6.07) is 9.32. The first-order valence-electron chi connectivity index (χ1n) is 7.38. The molecule has 1 aromatic rings. The van der Waals surface area contributed by atoms with Gasteiger partial charge < -0.3 is 10.2 Å². The Kier molecular flexibility index (Phi) is 5.12. The van der Waals surface area contributed by atoms with Crippen LogP contribution in [0, 0.1) is 5.92 Å². The molecule has 0 radical (unpaired) electrons. The number of rotatable bonds is 4. The Balaban J connectivity index is 2.23. The normalized spacial score (nSPS) is 23.9. The molecule has 0 aliphatic carbocycles. The second kappa shape index (κ2) is 6.62. The van der Waals surface area contributed by atoms with Gasteiger partial charge in [-0.3, -0.25) is 0 Å². The Morgan fingerprint density at radius 2 is 2.11 bits per heavy atom. The lowest BCUT2D eigenvalue weighted by molar-refractivity contribution is 0.327. The van der Waals surface area contributed by atoms with Gasteiger partial charge in [0.25, 0.3) is 0 Å². The standard InChI is InChI=1S/C16H25ClN2/c1-4-7-13-11-19(16(10-18-13)12(2)3)15-9-6-5-8-14(15)17/h5-6,8-9,12-13,16,18H,4,7,10-11H2,1-3H3. The van der Waals surface area contributed by atoms with Gasteiger partial charge in [-0.2, -0.15) is 0 Å². The van der Waals surface area contributed by atoms with Gasteiger partial charge in [0.1, 0.15) is 0 Å². The van der Waals surface area contributed by atoms with Crippen LogP contribution in [-0.2, 0) is 0 Å². The van der Waals surface area contributed by atoms with Gasteiger partial charge in [0.15, 0.2) is 0 Å². The summed E-state index contributed by atoms with van der Waals surface area (Å²) in [7, 11) is 0. The monoisotopic (exact) mass is 280 g/mol. The van der Waals surface area contributed by atoms with E-state index in [0.29, 0.717) is 18.0 Å². The Labute approximate surface area is 122 Å². The molecular weight excluding hydrogens is 256 g/mol. The number of benzene rings is 1. The lowest BCUT2D eigenvalue weighted by Gasteiger charge is -2.44. The lowest BCUT2D eigenvalue weighted by Crippen LogP contribution is -2.58. The predicted molar refractivity (Wildman–Crippen MR) is 84.1 cm³/mol. The van der Waals surface area contributed by atoms with E-state index in [2.05, 4.69) is 43.1 Å². The fourth-order valence-electron chi connectivity index (χ4n) is 2.93. The van der Waals surface area contributed by atoms with Crippen molar-refractivity contribution in [3.8, 4) is 0 Å². The number of hydrogen-bond acceptors (Lipinski definition) is 2. The third-order valence-corrected chi connectivity index (χ3v) is 4.32. The number of anilines is 1. The summed E-state index contributed by atoms with van der Waals surface area (Å²) in [4.78, 5) is 2.50. The van der Waals surface area contributed by atoms with E-state index in [-0.39, 0.29) is 0 Å². The van der Waals surface area contributed by atoms with Gasteiger partial charge in [0.05, 0.1) is 10.7 Å². The number of nitrogens with zero attached hydrogens (tertiary/aromatic N) is 1. The van der Waals surface area contributed by atoms with Gasteiger partial charge in [-0.1, -0.05) is 50.9 Å². The third kappa shape index (κ3) is 3.43. The van der Waals surface area contributed by atoms with Crippen molar-refractivity contribution in [2.45, 2.75) is 45.7 Å². The average Bonchev–Trinajstić information content (AvgIpc) is 2.39. The van der Waals surface area contributed by atoms with E-state index in [1.807, 2.05) is 12.1 Å². The van der Waals surface area contributed by atoms with Crippen LogP contribution in [0.25, 0.3) is 0 Å². The first kappa shape index (κ1) is 14.7. The van der Waals surface area contributed by atoms with Crippen molar-refractivity contribution in [3.63, 3.8) is 0 Å². The van der Waals surface area contributed by atoms with Crippen molar-refractivity contribution in [3.05, 3.63) is 29.3 Å². The van der Waals surface area contributed by atoms with Gasteiger partial charge >= 0.3 is 0 Å². The van der Waals surface area contributed by atoms with Gasteiger partial charge in [-0.05, 0) is 24.5 Å². The highest BCUT2D eigenvalue weighted by atomic mass is 35.5. The molecule has 1 fully saturated rings. The van der Waals surface area contributed by atoms with Crippen LogP contribution in [0.5, 0.6) is 0 Å². The van der Waals surface area contributed by atoms with Crippen molar-refractivity contribution >= 4 is 17.3 Å². The van der Waals surface area contributed by atoms with E-state index in [1.165, 1.54) is 18.5 Å². The quantitative estimate of drug-likeness (QED) is 0.899. The Hall–Kier alpha value is -0.730. The second-order valence-electron chi connectivity index (χ2n) is 5.81. The molecule has 1 heterocycles. The Bertz CT molecular complexity index is 405. The van der Waals surface area contributed by atoms with Crippen LogP contribution in [0.15, 0.2) is 24.3 Å². The fourth-order valence-corrected chi connectivity index (χ4v) is 3.18. The largest absolute Gasteiger partial charge is 0.364 e. The molecule has 0 bridgehead atoms. The Morgan fingerprint density at radius 3 is 2.74 bits per heavy atom. The minimum absolute atomic E-state index is 0.521. The number of para-hydroxylation sites is 1. The first-order chi connectivity index (χ1) is 9.13. The molecule has 2 rings (SSSR count). The fraction of sp³-hybridized carbons (Fsp3) is 0.625. The SMILES string of the molecule is CCCC1CN(c2ccccc2Cl)C(C(C)C)CN1. The lowest BCUT2D eigenvalue weighted by atomic mass is 9.96. The van der Waals surface area contributed by atoms with E-state index in [0.717, 1.165) is 18.1 Å². The van der Waals surface area contributed by atoms with Gasteiger partial charge in [-0.25, -0.2) is 0 Å². The smallest absolute Gasteiger partial charge is 0.0639 e. The highest BCUT2D eigenvalue weighted by molar-refractivity contribution is 6.33. The maximum Gasteiger partial charge on any atom is 0.0639 e. The molecule has 0 aromatic heterocycles. The van der Waals surface area contributed by atoms with Gasteiger partial charge in [0.2, 0.25) is 0 Å². The van der Waals surface area contributed by atoms with E-state index >= 15 is 0 Å². The Morgan fingerprint density at radius 1 is 1.37 bits per heavy atom. The van der Waals surface area contributed by atoms with Crippen molar-refractivity contribution in [2.75, 3.05) is 18.0 Å². The zero-order chi connectivity index (χ0) is 13.8. The van der Waals surface area contributed by atoms with Crippen LogP contribution in [-0.4, -0.2) is 25.2 Å². The summed E-state index contributed by atoms with van der Waals surface area (Å²) in [5, 5.41) is 4.55. The first-order valence-corrected chi connectivity index (χ1v) is 7.75. The molecule has 2 atom stereocenters. The van der Waals surface area contributed by atoms with Crippen molar-refractivity contribution in [1.82, 2.24) is 5.32 Å².